The molecule has 4 heterocycles. The summed E-state index contributed by atoms with van der Waals surface area (Å²) in [4.78, 5) is 5.87. The average Bonchev–Trinajstić information content (AvgIpc) is 3.09. The molecule has 17 heavy (non-hydrogen) atoms. The summed E-state index contributed by atoms with van der Waals surface area (Å²) in [7, 11) is 0. The lowest BCUT2D eigenvalue weighted by Crippen LogP contribution is -2.33. The van der Waals surface area contributed by atoms with Crippen molar-refractivity contribution in [1.29, 1.82) is 0 Å². The van der Waals surface area contributed by atoms with Crippen molar-refractivity contribution in [3.05, 3.63) is 44.3 Å². The van der Waals surface area contributed by atoms with E-state index in [-0.39, 0.29) is 0 Å². The molecule has 2 aromatic rings. The molecular formula is C14H15NS2. The van der Waals surface area contributed by atoms with Crippen LogP contribution in [-0.2, 0) is 0 Å². The normalized spacial score (nSPS) is 28.0. The van der Waals surface area contributed by atoms with Crippen molar-refractivity contribution in [1.82, 2.24) is 4.90 Å². The second kappa shape index (κ2) is 3.94. The number of hydrogen-bond acceptors (Lipinski definition) is 3. The standard InChI is InChI=1S/C14H15NS2/c1-3-12-10-5-8-17-14(10)11(9-15(12)6-1)13-4-2-7-16-13/h2,4-5,7-8,11-12H,1,3,6,9H2/t11-,12-/m0/s1. The highest BCUT2D eigenvalue weighted by Crippen LogP contribution is 2.47. The SMILES string of the molecule is c1csc([C@@H]2CN3CCC[C@H]3c3ccsc32)c1. The van der Waals surface area contributed by atoms with Gasteiger partial charge >= 0.3 is 0 Å². The minimum Gasteiger partial charge on any atom is -0.295 e. The first kappa shape index (κ1) is 10.3. The van der Waals surface area contributed by atoms with Gasteiger partial charge in [-0.25, -0.2) is 0 Å². The Bertz CT molecular complexity index is 514. The molecular weight excluding hydrogens is 246 g/mol. The molecule has 2 aromatic heterocycles. The summed E-state index contributed by atoms with van der Waals surface area (Å²) in [5.41, 5.74) is 1.62. The van der Waals surface area contributed by atoms with Crippen LogP contribution in [0.3, 0.4) is 0 Å². The molecule has 0 unspecified atom stereocenters. The quantitative estimate of drug-likeness (QED) is 0.747. The molecule has 0 N–H and O–H groups in total. The Morgan fingerprint density at radius 1 is 1.18 bits per heavy atom. The second-order valence-corrected chi connectivity index (χ2v) is 6.89. The van der Waals surface area contributed by atoms with Gasteiger partial charge in [-0.15, -0.1) is 22.7 Å². The number of nitrogens with zero attached hydrogens (tertiary/aromatic N) is 1. The van der Waals surface area contributed by atoms with Gasteiger partial charge in [-0.05, 0) is 47.8 Å². The third-order valence-electron chi connectivity index (χ3n) is 4.07. The lowest BCUT2D eigenvalue weighted by molar-refractivity contribution is 0.233. The summed E-state index contributed by atoms with van der Waals surface area (Å²) in [6.45, 7) is 2.53. The summed E-state index contributed by atoms with van der Waals surface area (Å²) in [6.07, 6.45) is 2.73. The predicted octanol–water partition coefficient (Wildman–Crippen LogP) is 4.09. The Morgan fingerprint density at radius 2 is 2.18 bits per heavy atom. The first-order valence-corrected chi connectivity index (χ1v) is 8.04. The van der Waals surface area contributed by atoms with Crippen LogP contribution in [0.15, 0.2) is 29.0 Å². The van der Waals surface area contributed by atoms with Crippen LogP contribution >= 0.6 is 22.7 Å². The smallest absolute Gasteiger partial charge is 0.0408 e. The molecule has 0 amide bonds. The van der Waals surface area contributed by atoms with Crippen molar-refractivity contribution in [2.75, 3.05) is 13.1 Å². The average molecular weight is 261 g/mol. The molecule has 4 rings (SSSR count). The van der Waals surface area contributed by atoms with Gasteiger partial charge in [0.25, 0.3) is 0 Å². The van der Waals surface area contributed by atoms with E-state index in [1.165, 1.54) is 25.9 Å². The maximum absolute atomic E-state index is 2.69. The van der Waals surface area contributed by atoms with Crippen LogP contribution in [0, 0.1) is 0 Å². The van der Waals surface area contributed by atoms with Gasteiger partial charge in [-0.3, -0.25) is 4.90 Å². The third kappa shape index (κ3) is 1.53. The summed E-state index contributed by atoms with van der Waals surface area (Å²) < 4.78 is 0. The van der Waals surface area contributed by atoms with Crippen LogP contribution in [0.25, 0.3) is 0 Å². The van der Waals surface area contributed by atoms with Gasteiger partial charge in [0.15, 0.2) is 0 Å². The second-order valence-electron chi connectivity index (χ2n) is 4.96. The summed E-state index contributed by atoms with van der Waals surface area (Å²) in [6, 6.07) is 7.58. The minimum absolute atomic E-state index is 0.638. The number of hydrogen-bond donors (Lipinski definition) is 0. The minimum atomic E-state index is 0.638. The van der Waals surface area contributed by atoms with Crippen molar-refractivity contribution in [2.45, 2.75) is 24.8 Å². The summed E-state index contributed by atoms with van der Waals surface area (Å²) in [5.74, 6) is 0.638. The van der Waals surface area contributed by atoms with Crippen molar-refractivity contribution >= 4 is 22.7 Å². The summed E-state index contributed by atoms with van der Waals surface area (Å²) >= 11 is 3.87. The van der Waals surface area contributed by atoms with E-state index in [9.17, 15) is 0 Å². The zero-order valence-corrected chi connectivity index (χ0v) is 11.3. The zero-order valence-electron chi connectivity index (χ0n) is 9.63. The lowest BCUT2D eigenvalue weighted by atomic mass is 9.92. The lowest BCUT2D eigenvalue weighted by Gasteiger charge is -2.34. The number of fused-ring (bicyclic) bond motifs is 3. The number of thiophene rings is 2. The Hall–Kier alpha value is -0.640. The Balaban J connectivity index is 1.81. The van der Waals surface area contributed by atoms with Crippen molar-refractivity contribution in [2.24, 2.45) is 0 Å². The van der Waals surface area contributed by atoms with Crippen LogP contribution in [0.1, 0.15) is 40.1 Å². The molecule has 0 bridgehead atoms. The Kier molecular flexibility index (Phi) is 2.39. The van der Waals surface area contributed by atoms with E-state index in [0.717, 1.165) is 6.04 Å². The largest absolute Gasteiger partial charge is 0.295 e. The van der Waals surface area contributed by atoms with Gasteiger partial charge < -0.3 is 0 Å². The van der Waals surface area contributed by atoms with Gasteiger partial charge in [0.2, 0.25) is 0 Å². The van der Waals surface area contributed by atoms with E-state index in [2.05, 4.69) is 33.9 Å². The molecule has 0 spiro atoms. The zero-order chi connectivity index (χ0) is 11.2. The molecule has 2 atom stereocenters. The molecule has 1 fully saturated rings. The van der Waals surface area contributed by atoms with E-state index >= 15 is 0 Å². The van der Waals surface area contributed by atoms with E-state index in [1.807, 2.05) is 22.7 Å². The Morgan fingerprint density at radius 3 is 3.06 bits per heavy atom. The van der Waals surface area contributed by atoms with Crippen LogP contribution in [0.4, 0.5) is 0 Å². The molecule has 3 heteroatoms. The molecule has 0 aliphatic carbocycles. The Labute approximate surface area is 110 Å². The van der Waals surface area contributed by atoms with Crippen LogP contribution in [0.5, 0.6) is 0 Å². The molecule has 2 aliphatic heterocycles. The third-order valence-corrected chi connectivity index (χ3v) is 6.10. The van der Waals surface area contributed by atoms with E-state index in [4.69, 9.17) is 0 Å². The van der Waals surface area contributed by atoms with Crippen LogP contribution in [0.2, 0.25) is 0 Å². The molecule has 1 nitrogen and oxygen atoms in total. The maximum atomic E-state index is 2.69. The van der Waals surface area contributed by atoms with Gasteiger partial charge in [0.05, 0.1) is 0 Å². The monoisotopic (exact) mass is 261 g/mol. The van der Waals surface area contributed by atoms with Crippen molar-refractivity contribution < 1.29 is 0 Å². The van der Waals surface area contributed by atoms with Gasteiger partial charge in [0.1, 0.15) is 0 Å². The fourth-order valence-electron chi connectivity index (χ4n) is 3.31. The fraction of sp³-hybridized carbons (Fsp3) is 0.429. The molecule has 0 aromatic carbocycles. The number of rotatable bonds is 1. The molecule has 0 saturated carbocycles. The molecule has 88 valence electrons. The highest BCUT2D eigenvalue weighted by Gasteiger charge is 2.37. The molecule has 0 radical (unpaired) electrons. The van der Waals surface area contributed by atoms with E-state index in [1.54, 1.807) is 15.3 Å². The topological polar surface area (TPSA) is 3.24 Å². The van der Waals surface area contributed by atoms with Crippen molar-refractivity contribution in [3.63, 3.8) is 0 Å². The van der Waals surface area contributed by atoms with Crippen LogP contribution in [-0.4, -0.2) is 18.0 Å². The van der Waals surface area contributed by atoms with Gasteiger partial charge in [-0.2, -0.15) is 0 Å². The summed E-state index contributed by atoms with van der Waals surface area (Å²) in [5, 5.41) is 4.49. The van der Waals surface area contributed by atoms with E-state index in [0.29, 0.717) is 5.92 Å². The molecule has 2 aliphatic rings. The van der Waals surface area contributed by atoms with Crippen molar-refractivity contribution in [3.8, 4) is 0 Å². The fourth-order valence-corrected chi connectivity index (χ4v) is 5.28. The van der Waals surface area contributed by atoms with Gasteiger partial charge in [-0.1, -0.05) is 6.07 Å². The first-order chi connectivity index (χ1) is 8.43. The van der Waals surface area contributed by atoms with Gasteiger partial charge in [0, 0.05) is 28.3 Å². The molecule has 1 saturated heterocycles. The first-order valence-electron chi connectivity index (χ1n) is 6.28. The highest BCUT2D eigenvalue weighted by molar-refractivity contribution is 7.11. The maximum Gasteiger partial charge on any atom is 0.0408 e. The van der Waals surface area contributed by atoms with Crippen LogP contribution < -0.4 is 0 Å². The highest BCUT2D eigenvalue weighted by atomic mass is 32.1. The van der Waals surface area contributed by atoms with E-state index < -0.39 is 0 Å². The predicted molar refractivity (Wildman–Crippen MR) is 74.0 cm³/mol.